The van der Waals surface area contributed by atoms with Crippen molar-refractivity contribution in [2.24, 2.45) is 0 Å². The van der Waals surface area contributed by atoms with Crippen LogP contribution >= 0.6 is 11.6 Å². The summed E-state index contributed by atoms with van der Waals surface area (Å²) in [6, 6.07) is 10.0. The maximum atomic E-state index is 12.1. The fraction of sp³-hybridized carbons (Fsp3) is 0.0667. The number of halogens is 1. The van der Waals surface area contributed by atoms with E-state index in [0.29, 0.717) is 5.75 Å². The third-order valence-corrected chi connectivity index (χ3v) is 3.37. The highest BCUT2D eigenvalue weighted by atomic mass is 35.5. The number of amides is 2. The first-order valence-electron chi connectivity index (χ1n) is 6.61. The van der Waals surface area contributed by atoms with E-state index < -0.39 is 22.4 Å². The molecule has 0 bridgehead atoms. The van der Waals surface area contributed by atoms with E-state index in [1.807, 2.05) is 0 Å². The maximum absolute atomic E-state index is 12.1. The quantitative estimate of drug-likeness (QED) is 0.650. The number of nitrogens with one attached hydrogen (secondary N) is 2. The zero-order chi connectivity index (χ0) is 17.7. The van der Waals surface area contributed by atoms with E-state index in [-0.39, 0.29) is 16.1 Å². The first kappa shape index (κ1) is 17.2. The number of rotatable bonds is 4. The summed E-state index contributed by atoms with van der Waals surface area (Å²) in [7, 11) is 1.41. The van der Waals surface area contributed by atoms with Gasteiger partial charge in [0.25, 0.3) is 17.5 Å². The predicted octanol–water partition coefficient (Wildman–Crippen LogP) is 2.33. The number of nitro groups is 1. The second-order valence-corrected chi connectivity index (χ2v) is 4.94. The second kappa shape index (κ2) is 7.42. The van der Waals surface area contributed by atoms with Crippen molar-refractivity contribution in [3.8, 4) is 5.75 Å². The molecule has 0 saturated heterocycles. The number of para-hydroxylation sites is 1. The lowest BCUT2D eigenvalue weighted by molar-refractivity contribution is -0.384. The van der Waals surface area contributed by atoms with E-state index in [0.717, 1.165) is 6.07 Å². The second-order valence-electron chi connectivity index (χ2n) is 4.53. The number of hydrogen-bond acceptors (Lipinski definition) is 5. The largest absolute Gasteiger partial charge is 0.496 e. The van der Waals surface area contributed by atoms with Crippen LogP contribution in [-0.4, -0.2) is 23.8 Å². The summed E-state index contributed by atoms with van der Waals surface area (Å²) < 4.78 is 5.05. The van der Waals surface area contributed by atoms with Crippen LogP contribution in [-0.2, 0) is 0 Å². The van der Waals surface area contributed by atoms with Crippen molar-refractivity contribution < 1.29 is 19.2 Å². The van der Waals surface area contributed by atoms with Gasteiger partial charge in [-0.1, -0.05) is 23.7 Å². The van der Waals surface area contributed by atoms with Gasteiger partial charge in [-0.25, -0.2) is 0 Å². The number of methoxy groups -OCH3 is 1. The van der Waals surface area contributed by atoms with Crippen molar-refractivity contribution in [1.29, 1.82) is 0 Å². The number of carbonyl (C=O) groups excluding carboxylic acids is 2. The minimum absolute atomic E-state index is 0.0218. The summed E-state index contributed by atoms with van der Waals surface area (Å²) >= 11 is 5.68. The number of hydrazine groups is 1. The molecule has 0 aliphatic carbocycles. The van der Waals surface area contributed by atoms with Crippen molar-refractivity contribution in [2.45, 2.75) is 0 Å². The molecular weight excluding hydrogens is 338 g/mol. The monoisotopic (exact) mass is 349 g/mol. The van der Waals surface area contributed by atoms with Gasteiger partial charge in [-0.15, -0.1) is 0 Å². The van der Waals surface area contributed by atoms with Gasteiger partial charge in [0, 0.05) is 11.6 Å². The molecule has 2 amide bonds. The number of nitrogens with zero attached hydrogens (tertiary/aromatic N) is 1. The lowest BCUT2D eigenvalue weighted by Gasteiger charge is -2.10. The third kappa shape index (κ3) is 3.79. The van der Waals surface area contributed by atoms with Gasteiger partial charge in [-0.05, 0) is 24.3 Å². The summed E-state index contributed by atoms with van der Waals surface area (Å²) in [5.41, 5.74) is 4.19. The number of carbonyl (C=O) groups is 2. The molecule has 0 aliphatic heterocycles. The molecule has 124 valence electrons. The molecular formula is C15H12ClN3O5. The van der Waals surface area contributed by atoms with Gasteiger partial charge in [-0.3, -0.25) is 30.6 Å². The smallest absolute Gasteiger partial charge is 0.288 e. The molecule has 0 radical (unpaired) electrons. The Hall–Kier alpha value is -3.13. The normalized spacial score (nSPS) is 9.92. The average Bonchev–Trinajstić information content (AvgIpc) is 2.59. The summed E-state index contributed by atoms with van der Waals surface area (Å²) in [6.07, 6.45) is 0. The zero-order valence-electron chi connectivity index (χ0n) is 12.4. The molecule has 9 heteroatoms. The minimum Gasteiger partial charge on any atom is -0.496 e. The standard InChI is InChI=1S/C15H12ClN3O5/c1-24-13-5-3-2-4-10(13)15(21)18-17-14(20)9-6-7-11(16)12(8-9)19(22)23/h2-8H,1H3,(H,17,20)(H,18,21). The lowest BCUT2D eigenvalue weighted by Crippen LogP contribution is -2.41. The van der Waals surface area contributed by atoms with Crippen LogP contribution in [0.2, 0.25) is 5.02 Å². The number of ether oxygens (including phenoxy) is 1. The van der Waals surface area contributed by atoms with Crippen LogP contribution in [0.1, 0.15) is 20.7 Å². The van der Waals surface area contributed by atoms with Crippen molar-refractivity contribution in [1.82, 2.24) is 10.9 Å². The van der Waals surface area contributed by atoms with Crippen LogP contribution in [0.25, 0.3) is 0 Å². The Morgan fingerprint density at radius 1 is 1.12 bits per heavy atom. The van der Waals surface area contributed by atoms with Gasteiger partial charge >= 0.3 is 0 Å². The summed E-state index contributed by atoms with van der Waals surface area (Å²) in [5.74, 6) is -0.978. The molecule has 2 aromatic carbocycles. The van der Waals surface area contributed by atoms with Crippen molar-refractivity contribution >= 4 is 29.1 Å². The summed E-state index contributed by atoms with van der Waals surface area (Å²) in [5, 5.41) is 10.7. The Balaban J connectivity index is 2.09. The molecule has 2 rings (SSSR count). The molecule has 0 spiro atoms. The van der Waals surface area contributed by atoms with E-state index in [2.05, 4.69) is 10.9 Å². The molecule has 0 atom stereocenters. The van der Waals surface area contributed by atoms with Crippen molar-refractivity contribution in [3.05, 3.63) is 68.7 Å². The van der Waals surface area contributed by atoms with Gasteiger partial charge in [0.05, 0.1) is 17.6 Å². The predicted molar refractivity (Wildman–Crippen MR) is 86.0 cm³/mol. The highest BCUT2D eigenvalue weighted by Crippen LogP contribution is 2.25. The Labute approximate surface area is 141 Å². The van der Waals surface area contributed by atoms with Crippen LogP contribution in [0.15, 0.2) is 42.5 Å². The van der Waals surface area contributed by atoms with E-state index in [9.17, 15) is 19.7 Å². The molecule has 2 N–H and O–H groups in total. The zero-order valence-corrected chi connectivity index (χ0v) is 13.2. The Bertz CT molecular complexity index is 809. The highest BCUT2D eigenvalue weighted by Gasteiger charge is 2.17. The third-order valence-electron chi connectivity index (χ3n) is 3.05. The van der Waals surface area contributed by atoms with Crippen LogP contribution in [0.4, 0.5) is 5.69 Å². The SMILES string of the molecule is COc1ccccc1C(=O)NNC(=O)c1ccc(Cl)c([N+](=O)[O-])c1. The van der Waals surface area contributed by atoms with Gasteiger partial charge in [0.15, 0.2) is 0 Å². The van der Waals surface area contributed by atoms with E-state index in [4.69, 9.17) is 16.3 Å². The maximum Gasteiger partial charge on any atom is 0.288 e. The molecule has 2 aromatic rings. The first-order chi connectivity index (χ1) is 11.4. The highest BCUT2D eigenvalue weighted by molar-refractivity contribution is 6.32. The van der Waals surface area contributed by atoms with E-state index in [1.54, 1.807) is 18.2 Å². The Morgan fingerprint density at radius 2 is 1.79 bits per heavy atom. The minimum atomic E-state index is -0.724. The number of nitro benzene ring substituents is 1. The van der Waals surface area contributed by atoms with Gasteiger partial charge in [0.2, 0.25) is 0 Å². The number of benzene rings is 2. The first-order valence-corrected chi connectivity index (χ1v) is 6.99. The van der Waals surface area contributed by atoms with Gasteiger partial charge in [0.1, 0.15) is 10.8 Å². The Kier molecular flexibility index (Phi) is 5.33. The molecule has 24 heavy (non-hydrogen) atoms. The number of hydrogen-bond donors (Lipinski definition) is 2. The fourth-order valence-electron chi connectivity index (χ4n) is 1.88. The molecule has 0 heterocycles. The van der Waals surface area contributed by atoms with Crippen LogP contribution < -0.4 is 15.6 Å². The van der Waals surface area contributed by atoms with Crippen molar-refractivity contribution in [3.63, 3.8) is 0 Å². The molecule has 0 aromatic heterocycles. The van der Waals surface area contributed by atoms with Gasteiger partial charge in [-0.2, -0.15) is 0 Å². The topological polar surface area (TPSA) is 111 Å². The fourth-order valence-corrected chi connectivity index (χ4v) is 2.07. The Morgan fingerprint density at radius 3 is 2.46 bits per heavy atom. The van der Waals surface area contributed by atoms with Crippen LogP contribution in [0.3, 0.4) is 0 Å². The van der Waals surface area contributed by atoms with Gasteiger partial charge < -0.3 is 4.74 Å². The molecule has 0 unspecified atom stereocenters. The van der Waals surface area contributed by atoms with Crippen LogP contribution in [0, 0.1) is 10.1 Å². The molecule has 8 nitrogen and oxygen atoms in total. The molecule has 0 fully saturated rings. The average molecular weight is 350 g/mol. The van der Waals surface area contributed by atoms with E-state index in [1.165, 1.54) is 25.3 Å². The molecule has 0 saturated carbocycles. The summed E-state index contributed by atoms with van der Waals surface area (Å²) in [4.78, 5) is 34.2. The van der Waals surface area contributed by atoms with Crippen molar-refractivity contribution in [2.75, 3.05) is 7.11 Å². The molecule has 0 aliphatic rings. The van der Waals surface area contributed by atoms with E-state index >= 15 is 0 Å². The lowest BCUT2D eigenvalue weighted by atomic mass is 10.2. The summed E-state index contributed by atoms with van der Waals surface area (Å²) in [6.45, 7) is 0. The van der Waals surface area contributed by atoms with Crippen LogP contribution in [0.5, 0.6) is 5.75 Å².